The van der Waals surface area contributed by atoms with Crippen molar-refractivity contribution >= 4 is 44.9 Å². The van der Waals surface area contributed by atoms with Crippen LogP contribution in [0.5, 0.6) is 5.75 Å². The average molecular weight is 450 g/mol. The number of sulfonamides is 1. The molecule has 2 rings (SSSR count). The largest absolute Gasteiger partial charge is 0.494 e. The first kappa shape index (κ1) is 23.3. The molecule has 0 aromatic heterocycles. The summed E-state index contributed by atoms with van der Waals surface area (Å²) >= 11 is 5.14. The minimum Gasteiger partial charge on any atom is -0.494 e. The first-order valence-corrected chi connectivity index (χ1v) is 11.1. The number of hydrogen-bond acceptors (Lipinski definition) is 6. The molecule has 0 unspecified atom stereocenters. The van der Waals surface area contributed by atoms with E-state index in [9.17, 15) is 18.0 Å². The molecule has 2 amide bonds. The van der Waals surface area contributed by atoms with Crippen molar-refractivity contribution in [1.82, 2.24) is 10.0 Å². The van der Waals surface area contributed by atoms with Crippen LogP contribution >= 0.6 is 12.2 Å². The second-order valence-electron chi connectivity index (χ2n) is 6.32. The van der Waals surface area contributed by atoms with Gasteiger partial charge in [-0.05, 0) is 61.1 Å². The fraction of sp³-hybridized carbons (Fsp3) is 0.250. The molecular formula is C20H23N3O5S2. The van der Waals surface area contributed by atoms with Gasteiger partial charge in [-0.15, -0.1) is 0 Å². The molecule has 0 atom stereocenters. The number of benzene rings is 2. The number of nitrogens with one attached hydrogen (secondary N) is 3. The highest BCUT2D eigenvalue weighted by Crippen LogP contribution is 2.15. The average Bonchev–Trinajstić information content (AvgIpc) is 2.68. The molecule has 2 aromatic rings. The summed E-state index contributed by atoms with van der Waals surface area (Å²) in [6, 6.07) is 12.3. The van der Waals surface area contributed by atoms with Crippen molar-refractivity contribution < 1.29 is 22.7 Å². The van der Waals surface area contributed by atoms with Crippen LogP contribution in [0.1, 0.15) is 37.0 Å². The van der Waals surface area contributed by atoms with E-state index in [-0.39, 0.29) is 10.0 Å². The predicted molar refractivity (Wildman–Crippen MR) is 118 cm³/mol. The van der Waals surface area contributed by atoms with Crippen LogP contribution in [0.25, 0.3) is 0 Å². The smallest absolute Gasteiger partial charge is 0.264 e. The summed E-state index contributed by atoms with van der Waals surface area (Å²) in [5.41, 5.74) is 0.864. The number of carbonyl (C=O) groups excluding carboxylic acids is 2. The molecule has 30 heavy (non-hydrogen) atoms. The van der Waals surface area contributed by atoms with Gasteiger partial charge in [0.1, 0.15) is 5.75 Å². The van der Waals surface area contributed by atoms with Gasteiger partial charge in [0.25, 0.3) is 15.9 Å². The zero-order chi connectivity index (χ0) is 22.1. The summed E-state index contributed by atoms with van der Waals surface area (Å²) in [6.45, 7) is 3.76. The lowest BCUT2D eigenvalue weighted by molar-refractivity contribution is -0.117. The normalized spacial score (nSPS) is 10.7. The van der Waals surface area contributed by atoms with E-state index in [1.54, 1.807) is 24.3 Å². The first-order chi connectivity index (χ1) is 14.2. The van der Waals surface area contributed by atoms with Crippen LogP contribution in [-0.4, -0.2) is 32.0 Å². The Morgan fingerprint density at radius 1 is 1.10 bits per heavy atom. The van der Waals surface area contributed by atoms with Gasteiger partial charge >= 0.3 is 0 Å². The predicted octanol–water partition coefficient (Wildman–Crippen LogP) is 2.82. The lowest BCUT2D eigenvalue weighted by atomic mass is 10.2. The lowest BCUT2D eigenvalue weighted by Gasteiger charge is -2.11. The maximum Gasteiger partial charge on any atom is 0.264 e. The zero-order valence-corrected chi connectivity index (χ0v) is 18.2. The van der Waals surface area contributed by atoms with Crippen LogP contribution in [-0.2, 0) is 14.8 Å². The standard InChI is InChI=1S/C20H23N3O5S2/c1-3-4-12-28-17-7-5-6-15(13-17)19(25)22-20(29)21-16-8-10-18(11-9-16)30(26,27)23-14(2)24/h5-11,13H,3-4,12H2,1-2H3,(H,23,24)(H2,21,22,25,29). The number of thiocarbonyl (C=S) groups is 1. The number of rotatable bonds is 8. The first-order valence-electron chi connectivity index (χ1n) is 9.20. The third kappa shape index (κ3) is 7.12. The minimum atomic E-state index is -3.91. The molecule has 0 bridgehead atoms. The molecule has 0 spiro atoms. The molecule has 0 aliphatic carbocycles. The highest BCUT2D eigenvalue weighted by molar-refractivity contribution is 7.90. The molecular weight excluding hydrogens is 426 g/mol. The molecule has 0 saturated carbocycles. The quantitative estimate of drug-likeness (QED) is 0.419. The van der Waals surface area contributed by atoms with E-state index in [0.29, 0.717) is 23.6 Å². The molecule has 0 aliphatic rings. The SMILES string of the molecule is CCCCOc1cccc(C(=O)NC(=S)Nc2ccc(S(=O)(=O)NC(C)=O)cc2)c1. The van der Waals surface area contributed by atoms with Crippen molar-refractivity contribution in [3.05, 3.63) is 54.1 Å². The van der Waals surface area contributed by atoms with Gasteiger partial charge in [0.05, 0.1) is 11.5 Å². The summed E-state index contributed by atoms with van der Waals surface area (Å²) in [4.78, 5) is 23.3. The van der Waals surface area contributed by atoms with Gasteiger partial charge in [0.15, 0.2) is 5.11 Å². The van der Waals surface area contributed by atoms with Crippen LogP contribution in [0.3, 0.4) is 0 Å². The Bertz CT molecular complexity index is 1020. The van der Waals surface area contributed by atoms with E-state index in [4.69, 9.17) is 17.0 Å². The number of unbranched alkanes of at least 4 members (excludes halogenated alkanes) is 1. The summed E-state index contributed by atoms with van der Waals surface area (Å²) in [6.07, 6.45) is 1.94. The van der Waals surface area contributed by atoms with Crippen molar-refractivity contribution in [3.8, 4) is 5.75 Å². The van der Waals surface area contributed by atoms with Crippen LogP contribution < -0.4 is 20.1 Å². The lowest BCUT2D eigenvalue weighted by Crippen LogP contribution is -2.34. The van der Waals surface area contributed by atoms with Crippen molar-refractivity contribution in [1.29, 1.82) is 0 Å². The third-order valence-electron chi connectivity index (χ3n) is 3.79. The van der Waals surface area contributed by atoms with Crippen molar-refractivity contribution in [2.24, 2.45) is 0 Å². The number of ether oxygens (including phenoxy) is 1. The van der Waals surface area contributed by atoms with Crippen LogP contribution in [0.15, 0.2) is 53.4 Å². The number of hydrogen-bond donors (Lipinski definition) is 3. The minimum absolute atomic E-state index is 0.0507. The van der Waals surface area contributed by atoms with Gasteiger partial charge in [-0.1, -0.05) is 19.4 Å². The van der Waals surface area contributed by atoms with Gasteiger partial charge < -0.3 is 10.1 Å². The van der Waals surface area contributed by atoms with E-state index in [0.717, 1.165) is 19.8 Å². The van der Waals surface area contributed by atoms with E-state index in [1.165, 1.54) is 24.3 Å². The third-order valence-corrected chi connectivity index (χ3v) is 5.44. The summed E-state index contributed by atoms with van der Waals surface area (Å²) < 4.78 is 31.4. The summed E-state index contributed by atoms with van der Waals surface area (Å²) in [5.74, 6) is -0.481. The topological polar surface area (TPSA) is 114 Å². The Balaban J connectivity index is 1.96. The van der Waals surface area contributed by atoms with Gasteiger partial charge in [0, 0.05) is 18.2 Å². The van der Waals surface area contributed by atoms with E-state index < -0.39 is 21.8 Å². The Labute approximate surface area is 181 Å². The molecule has 3 N–H and O–H groups in total. The fourth-order valence-electron chi connectivity index (χ4n) is 2.36. The molecule has 0 saturated heterocycles. The zero-order valence-electron chi connectivity index (χ0n) is 16.6. The maximum atomic E-state index is 12.4. The Hall–Kier alpha value is -2.98. The summed E-state index contributed by atoms with van der Waals surface area (Å²) in [5, 5.41) is 5.42. The Morgan fingerprint density at radius 2 is 1.80 bits per heavy atom. The van der Waals surface area contributed by atoms with Gasteiger partial charge in [0.2, 0.25) is 5.91 Å². The molecule has 160 valence electrons. The van der Waals surface area contributed by atoms with Crippen molar-refractivity contribution in [2.75, 3.05) is 11.9 Å². The Morgan fingerprint density at radius 3 is 2.43 bits per heavy atom. The van der Waals surface area contributed by atoms with E-state index in [1.807, 2.05) is 4.72 Å². The molecule has 0 aliphatic heterocycles. The van der Waals surface area contributed by atoms with Crippen LogP contribution in [0.2, 0.25) is 0 Å². The number of carbonyl (C=O) groups is 2. The van der Waals surface area contributed by atoms with Crippen molar-refractivity contribution in [2.45, 2.75) is 31.6 Å². The van der Waals surface area contributed by atoms with Gasteiger partial charge in [-0.3, -0.25) is 14.9 Å². The van der Waals surface area contributed by atoms with E-state index in [2.05, 4.69) is 17.6 Å². The van der Waals surface area contributed by atoms with Crippen molar-refractivity contribution in [3.63, 3.8) is 0 Å². The second-order valence-corrected chi connectivity index (χ2v) is 8.41. The second kappa shape index (κ2) is 10.7. The highest BCUT2D eigenvalue weighted by atomic mass is 32.2. The number of amides is 2. The molecule has 0 heterocycles. The molecule has 2 aromatic carbocycles. The monoisotopic (exact) mass is 449 g/mol. The maximum absolute atomic E-state index is 12.4. The molecule has 10 heteroatoms. The highest BCUT2D eigenvalue weighted by Gasteiger charge is 2.15. The van der Waals surface area contributed by atoms with Crippen LogP contribution in [0, 0.1) is 0 Å². The fourth-order valence-corrected chi connectivity index (χ4v) is 3.57. The Kier molecular flexibility index (Phi) is 8.31. The molecule has 0 fully saturated rings. The molecule has 0 radical (unpaired) electrons. The van der Waals surface area contributed by atoms with Crippen LogP contribution in [0.4, 0.5) is 5.69 Å². The van der Waals surface area contributed by atoms with Gasteiger partial charge in [-0.25, -0.2) is 13.1 Å². The number of anilines is 1. The van der Waals surface area contributed by atoms with E-state index >= 15 is 0 Å². The summed E-state index contributed by atoms with van der Waals surface area (Å²) in [7, 11) is -3.91. The van der Waals surface area contributed by atoms with Gasteiger partial charge in [-0.2, -0.15) is 0 Å². The molecule has 8 nitrogen and oxygen atoms in total.